The normalized spacial score (nSPS) is 20.5. The second kappa shape index (κ2) is 6.28. The SMILES string of the molecule is CCC(C)(C(NC)c1cccc(C2CCC2)c1)N(C)C. The Morgan fingerprint density at radius 3 is 2.50 bits per heavy atom. The molecule has 1 aliphatic carbocycles. The Morgan fingerprint density at radius 1 is 1.35 bits per heavy atom. The zero-order valence-electron chi connectivity index (χ0n) is 13.7. The van der Waals surface area contributed by atoms with E-state index in [0.29, 0.717) is 6.04 Å². The summed E-state index contributed by atoms with van der Waals surface area (Å²) in [5.74, 6) is 0.805. The number of rotatable bonds is 6. The molecule has 0 amide bonds. The third kappa shape index (κ3) is 2.77. The first-order valence-corrected chi connectivity index (χ1v) is 7.97. The first kappa shape index (κ1) is 15.5. The molecule has 1 aromatic rings. The predicted molar refractivity (Wildman–Crippen MR) is 87.2 cm³/mol. The van der Waals surface area contributed by atoms with Crippen LogP contribution >= 0.6 is 0 Å². The first-order valence-electron chi connectivity index (χ1n) is 7.97. The molecule has 2 rings (SSSR count). The molecule has 1 N–H and O–H groups in total. The second-order valence-electron chi connectivity index (χ2n) is 6.62. The number of hydrogen-bond donors (Lipinski definition) is 1. The van der Waals surface area contributed by atoms with Crippen LogP contribution in [0.3, 0.4) is 0 Å². The molecular formula is C18H30N2. The standard InChI is InChI=1S/C18H30N2/c1-6-18(2,20(4)5)17(19-3)16-12-8-11-15(13-16)14-9-7-10-14/h8,11-14,17,19H,6-7,9-10H2,1-5H3. The van der Waals surface area contributed by atoms with Gasteiger partial charge in [0.15, 0.2) is 0 Å². The molecule has 1 fully saturated rings. The molecule has 2 unspecified atom stereocenters. The fraction of sp³-hybridized carbons (Fsp3) is 0.667. The van der Waals surface area contributed by atoms with Crippen molar-refractivity contribution in [2.75, 3.05) is 21.1 Å². The summed E-state index contributed by atoms with van der Waals surface area (Å²) >= 11 is 0. The van der Waals surface area contributed by atoms with Crippen molar-refractivity contribution in [3.05, 3.63) is 35.4 Å². The molecule has 0 saturated heterocycles. The van der Waals surface area contributed by atoms with Crippen LogP contribution < -0.4 is 5.32 Å². The lowest BCUT2D eigenvalue weighted by molar-refractivity contribution is 0.117. The molecule has 0 bridgehead atoms. The van der Waals surface area contributed by atoms with Crippen LogP contribution in [0.1, 0.15) is 62.6 Å². The third-order valence-corrected chi connectivity index (χ3v) is 5.47. The zero-order chi connectivity index (χ0) is 14.8. The van der Waals surface area contributed by atoms with Crippen LogP contribution in [0.4, 0.5) is 0 Å². The molecular weight excluding hydrogens is 244 g/mol. The van der Waals surface area contributed by atoms with Crippen molar-refractivity contribution >= 4 is 0 Å². The van der Waals surface area contributed by atoms with Crippen molar-refractivity contribution in [2.24, 2.45) is 0 Å². The van der Waals surface area contributed by atoms with Crippen LogP contribution in [0.15, 0.2) is 24.3 Å². The van der Waals surface area contributed by atoms with E-state index in [2.05, 4.69) is 69.5 Å². The highest BCUT2D eigenvalue weighted by molar-refractivity contribution is 5.31. The molecule has 1 aromatic carbocycles. The molecule has 112 valence electrons. The van der Waals surface area contributed by atoms with Gasteiger partial charge in [-0.05, 0) is 64.4 Å². The minimum absolute atomic E-state index is 0.132. The number of nitrogens with one attached hydrogen (secondary N) is 1. The highest BCUT2D eigenvalue weighted by Crippen LogP contribution is 2.39. The lowest BCUT2D eigenvalue weighted by Gasteiger charge is -2.43. The van der Waals surface area contributed by atoms with Gasteiger partial charge in [-0.1, -0.05) is 37.6 Å². The highest BCUT2D eigenvalue weighted by Gasteiger charge is 2.35. The molecule has 2 atom stereocenters. The van der Waals surface area contributed by atoms with Crippen LogP contribution in [-0.4, -0.2) is 31.6 Å². The van der Waals surface area contributed by atoms with Crippen LogP contribution in [0, 0.1) is 0 Å². The number of hydrogen-bond acceptors (Lipinski definition) is 2. The topological polar surface area (TPSA) is 15.3 Å². The predicted octanol–water partition coefficient (Wildman–Crippen LogP) is 3.94. The van der Waals surface area contributed by atoms with Crippen LogP contribution in [0.25, 0.3) is 0 Å². The molecule has 1 aliphatic rings. The van der Waals surface area contributed by atoms with Gasteiger partial charge in [0.2, 0.25) is 0 Å². The average Bonchev–Trinajstić information content (AvgIpc) is 2.37. The first-order chi connectivity index (χ1) is 9.52. The van der Waals surface area contributed by atoms with E-state index in [1.807, 2.05) is 0 Å². The van der Waals surface area contributed by atoms with Gasteiger partial charge >= 0.3 is 0 Å². The molecule has 20 heavy (non-hydrogen) atoms. The van der Waals surface area contributed by atoms with Crippen molar-refractivity contribution in [2.45, 2.75) is 57.0 Å². The van der Waals surface area contributed by atoms with Gasteiger partial charge in [0, 0.05) is 5.54 Å². The Kier molecular flexibility index (Phi) is 4.87. The molecule has 0 heterocycles. The fourth-order valence-electron chi connectivity index (χ4n) is 3.35. The van der Waals surface area contributed by atoms with E-state index in [-0.39, 0.29) is 5.54 Å². The summed E-state index contributed by atoms with van der Waals surface area (Å²) in [4.78, 5) is 2.35. The smallest absolute Gasteiger partial charge is 0.0501 e. The Balaban J connectivity index is 2.31. The summed E-state index contributed by atoms with van der Waals surface area (Å²) in [6.45, 7) is 4.63. The van der Waals surface area contributed by atoms with Crippen molar-refractivity contribution < 1.29 is 0 Å². The van der Waals surface area contributed by atoms with Crippen molar-refractivity contribution in [3.8, 4) is 0 Å². The van der Waals surface area contributed by atoms with E-state index in [4.69, 9.17) is 0 Å². The number of likely N-dealkylation sites (N-methyl/N-ethyl adjacent to an activating group) is 2. The lowest BCUT2D eigenvalue weighted by atomic mass is 9.77. The van der Waals surface area contributed by atoms with Gasteiger partial charge in [-0.15, -0.1) is 0 Å². The van der Waals surface area contributed by atoms with Gasteiger partial charge in [-0.25, -0.2) is 0 Å². The third-order valence-electron chi connectivity index (χ3n) is 5.47. The quantitative estimate of drug-likeness (QED) is 0.845. The van der Waals surface area contributed by atoms with Gasteiger partial charge < -0.3 is 10.2 Å². The van der Waals surface area contributed by atoms with E-state index in [1.165, 1.54) is 30.4 Å². The van der Waals surface area contributed by atoms with Crippen LogP contribution in [0.5, 0.6) is 0 Å². The van der Waals surface area contributed by atoms with Crippen LogP contribution in [-0.2, 0) is 0 Å². The Labute approximate surface area is 124 Å². The van der Waals surface area contributed by atoms with E-state index in [9.17, 15) is 0 Å². The van der Waals surface area contributed by atoms with Gasteiger partial charge in [-0.2, -0.15) is 0 Å². The summed E-state index contributed by atoms with van der Waals surface area (Å²) in [5.41, 5.74) is 3.09. The fourth-order valence-corrected chi connectivity index (χ4v) is 3.35. The van der Waals surface area contributed by atoms with Gasteiger partial charge in [0.1, 0.15) is 0 Å². The minimum atomic E-state index is 0.132. The molecule has 1 saturated carbocycles. The molecule has 2 heteroatoms. The summed E-state index contributed by atoms with van der Waals surface area (Å²) in [6.07, 6.45) is 5.26. The average molecular weight is 274 g/mol. The highest BCUT2D eigenvalue weighted by atomic mass is 15.2. The minimum Gasteiger partial charge on any atom is -0.311 e. The molecule has 0 radical (unpaired) electrons. The van der Waals surface area contributed by atoms with Crippen molar-refractivity contribution in [1.29, 1.82) is 0 Å². The Morgan fingerprint density at radius 2 is 2.05 bits per heavy atom. The second-order valence-corrected chi connectivity index (χ2v) is 6.62. The zero-order valence-corrected chi connectivity index (χ0v) is 13.7. The van der Waals surface area contributed by atoms with E-state index >= 15 is 0 Å². The van der Waals surface area contributed by atoms with E-state index in [0.717, 1.165) is 12.3 Å². The van der Waals surface area contributed by atoms with E-state index < -0.39 is 0 Å². The summed E-state index contributed by atoms with van der Waals surface area (Å²) in [6, 6.07) is 9.61. The molecule has 2 nitrogen and oxygen atoms in total. The Hall–Kier alpha value is -0.860. The monoisotopic (exact) mass is 274 g/mol. The maximum atomic E-state index is 3.55. The lowest BCUT2D eigenvalue weighted by Crippen LogP contribution is -2.50. The number of benzene rings is 1. The maximum Gasteiger partial charge on any atom is 0.0501 e. The van der Waals surface area contributed by atoms with Crippen molar-refractivity contribution in [3.63, 3.8) is 0 Å². The Bertz CT molecular complexity index is 437. The van der Waals surface area contributed by atoms with Gasteiger partial charge in [0.25, 0.3) is 0 Å². The van der Waals surface area contributed by atoms with E-state index in [1.54, 1.807) is 0 Å². The molecule has 0 spiro atoms. The van der Waals surface area contributed by atoms with Gasteiger partial charge in [-0.3, -0.25) is 0 Å². The largest absolute Gasteiger partial charge is 0.311 e. The summed E-state index contributed by atoms with van der Waals surface area (Å²) in [7, 11) is 6.45. The maximum absolute atomic E-state index is 3.55. The summed E-state index contributed by atoms with van der Waals surface area (Å²) in [5, 5.41) is 3.55. The summed E-state index contributed by atoms with van der Waals surface area (Å²) < 4.78 is 0. The van der Waals surface area contributed by atoms with Gasteiger partial charge in [0.05, 0.1) is 6.04 Å². The number of nitrogens with zero attached hydrogens (tertiary/aromatic N) is 1. The van der Waals surface area contributed by atoms with Crippen molar-refractivity contribution in [1.82, 2.24) is 10.2 Å². The molecule has 0 aromatic heterocycles. The van der Waals surface area contributed by atoms with Crippen LogP contribution in [0.2, 0.25) is 0 Å². The molecule has 0 aliphatic heterocycles.